The second kappa shape index (κ2) is 6.33. The average molecular weight is 375 g/mol. The Morgan fingerprint density at radius 3 is 2.87 bits per heavy atom. The van der Waals surface area contributed by atoms with Gasteiger partial charge in [0, 0.05) is 5.25 Å². The molecule has 0 saturated carbocycles. The van der Waals surface area contributed by atoms with Crippen LogP contribution in [-0.4, -0.2) is 55.3 Å². The maximum atomic E-state index is 12.0. The number of hydrogen-bond donors (Lipinski definition) is 0. The molecule has 0 bridgehead atoms. The van der Waals surface area contributed by atoms with Gasteiger partial charge in [0.05, 0.1) is 30.3 Å². The van der Waals surface area contributed by atoms with Gasteiger partial charge < -0.3 is 9.64 Å². The molecule has 2 aliphatic heterocycles. The third-order valence-corrected chi connectivity index (χ3v) is 7.18. The van der Waals surface area contributed by atoms with Crippen molar-refractivity contribution in [3.8, 4) is 5.75 Å². The van der Waals surface area contributed by atoms with Crippen LogP contribution in [0.4, 0.5) is 5.69 Å². The molecule has 0 radical (unpaired) electrons. The van der Waals surface area contributed by atoms with Crippen molar-refractivity contribution >= 4 is 50.0 Å². The van der Waals surface area contributed by atoms with Crippen molar-refractivity contribution in [1.29, 1.82) is 0 Å². The summed E-state index contributed by atoms with van der Waals surface area (Å²) in [7, 11) is -1.55. The minimum Gasteiger partial charge on any atom is -0.495 e. The lowest BCUT2D eigenvalue weighted by molar-refractivity contribution is -0.115. The SMILES string of the molecule is COc1ccccc1N1C(=NC(=O)CCl)S[C@@H]2CS(=O)(=O)C[C@@H]21. The predicted octanol–water partition coefficient (Wildman–Crippen LogP) is 1.54. The zero-order valence-electron chi connectivity index (χ0n) is 12.3. The number of amidine groups is 1. The van der Waals surface area contributed by atoms with E-state index in [1.165, 1.54) is 11.8 Å². The number of para-hydroxylation sites is 2. The summed E-state index contributed by atoms with van der Waals surface area (Å²) in [6, 6.07) is 7.02. The van der Waals surface area contributed by atoms with E-state index >= 15 is 0 Å². The highest BCUT2D eigenvalue weighted by Crippen LogP contribution is 2.43. The van der Waals surface area contributed by atoms with Gasteiger partial charge in [-0.1, -0.05) is 23.9 Å². The summed E-state index contributed by atoms with van der Waals surface area (Å²) < 4.78 is 29.3. The number of rotatable bonds is 3. The Kier molecular flexibility index (Phi) is 4.57. The molecule has 2 fully saturated rings. The molecule has 2 aliphatic rings. The normalized spacial score (nSPS) is 27.2. The topological polar surface area (TPSA) is 76.0 Å². The first-order valence-corrected chi connectivity index (χ1v) is 10.2. The summed E-state index contributed by atoms with van der Waals surface area (Å²) in [4.78, 5) is 17.5. The van der Waals surface area contributed by atoms with Gasteiger partial charge in [0.15, 0.2) is 15.0 Å². The van der Waals surface area contributed by atoms with E-state index < -0.39 is 15.7 Å². The van der Waals surface area contributed by atoms with Gasteiger partial charge in [-0.25, -0.2) is 8.42 Å². The maximum Gasteiger partial charge on any atom is 0.262 e. The largest absolute Gasteiger partial charge is 0.495 e. The molecule has 9 heteroatoms. The van der Waals surface area contributed by atoms with E-state index in [0.717, 1.165) is 0 Å². The number of thioether (sulfide) groups is 1. The molecule has 1 aromatic rings. The van der Waals surface area contributed by atoms with E-state index in [4.69, 9.17) is 16.3 Å². The van der Waals surface area contributed by atoms with Gasteiger partial charge in [0.25, 0.3) is 5.91 Å². The number of nitrogens with zero attached hydrogens (tertiary/aromatic N) is 2. The maximum absolute atomic E-state index is 12.0. The predicted molar refractivity (Wildman–Crippen MR) is 92.5 cm³/mol. The molecule has 0 N–H and O–H groups in total. The van der Waals surface area contributed by atoms with Crippen molar-refractivity contribution in [3.63, 3.8) is 0 Å². The van der Waals surface area contributed by atoms with E-state index in [1.54, 1.807) is 18.1 Å². The van der Waals surface area contributed by atoms with E-state index in [1.807, 2.05) is 18.2 Å². The molecular weight excluding hydrogens is 360 g/mol. The molecule has 0 aliphatic carbocycles. The molecule has 23 heavy (non-hydrogen) atoms. The first kappa shape index (κ1) is 16.6. The molecule has 1 aromatic carbocycles. The van der Waals surface area contributed by atoms with E-state index in [0.29, 0.717) is 16.6 Å². The highest BCUT2D eigenvalue weighted by atomic mass is 35.5. The van der Waals surface area contributed by atoms with Gasteiger partial charge in [-0.15, -0.1) is 11.6 Å². The number of anilines is 1. The van der Waals surface area contributed by atoms with Crippen LogP contribution in [0.1, 0.15) is 0 Å². The summed E-state index contributed by atoms with van der Waals surface area (Å²) >= 11 is 6.85. The lowest BCUT2D eigenvalue weighted by Crippen LogP contribution is -2.38. The lowest BCUT2D eigenvalue weighted by atomic mass is 10.2. The fourth-order valence-corrected chi connectivity index (χ4v) is 6.80. The fraction of sp³-hybridized carbons (Fsp3) is 0.429. The molecule has 0 spiro atoms. The third-order valence-electron chi connectivity index (χ3n) is 3.75. The van der Waals surface area contributed by atoms with Gasteiger partial charge in [-0.3, -0.25) is 4.79 Å². The number of alkyl halides is 1. The Labute approximate surface area is 143 Å². The molecular formula is C14H15ClN2O4S2. The Balaban J connectivity index is 2.07. The summed E-state index contributed by atoms with van der Waals surface area (Å²) in [6.07, 6.45) is 0. The van der Waals surface area contributed by atoms with Crippen LogP contribution in [0.3, 0.4) is 0 Å². The van der Waals surface area contributed by atoms with Crippen LogP contribution >= 0.6 is 23.4 Å². The Morgan fingerprint density at radius 2 is 2.17 bits per heavy atom. The third kappa shape index (κ3) is 3.20. The van der Waals surface area contributed by atoms with Crippen LogP contribution in [0.15, 0.2) is 29.3 Å². The first-order chi connectivity index (χ1) is 10.9. The monoisotopic (exact) mass is 374 g/mol. The van der Waals surface area contributed by atoms with Crippen LogP contribution in [0.2, 0.25) is 0 Å². The number of fused-ring (bicyclic) bond motifs is 1. The highest BCUT2D eigenvalue weighted by Gasteiger charge is 2.49. The first-order valence-electron chi connectivity index (χ1n) is 6.92. The second-order valence-electron chi connectivity index (χ2n) is 5.26. The molecule has 2 heterocycles. The number of carbonyl (C=O) groups is 1. The Morgan fingerprint density at radius 1 is 1.43 bits per heavy atom. The van der Waals surface area contributed by atoms with Crippen molar-refractivity contribution in [2.24, 2.45) is 4.99 Å². The zero-order valence-corrected chi connectivity index (χ0v) is 14.7. The molecule has 6 nitrogen and oxygen atoms in total. The second-order valence-corrected chi connectivity index (χ2v) is 8.89. The fourth-order valence-electron chi connectivity index (χ4n) is 2.81. The van der Waals surface area contributed by atoms with E-state index in [-0.39, 0.29) is 28.7 Å². The molecule has 1 amide bonds. The van der Waals surface area contributed by atoms with Crippen LogP contribution in [0.5, 0.6) is 5.75 Å². The minimum absolute atomic E-state index is 0.0385. The smallest absolute Gasteiger partial charge is 0.262 e. The van der Waals surface area contributed by atoms with Gasteiger partial charge >= 0.3 is 0 Å². The minimum atomic E-state index is -3.09. The summed E-state index contributed by atoms with van der Waals surface area (Å²) in [6.45, 7) is 0. The number of aliphatic imine (C=N–C) groups is 1. The molecule has 2 saturated heterocycles. The zero-order chi connectivity index (χ0) is 16.6. The molecule has 3 rings (SSSR count). The van der Waals surface area contributed by atoms with Crippen molar-refractivity contribution in [2.45, 2.75) is 11.3 Å². The Bertz CT molecular complexity index is 766. The van der Waals surface area contributed by atoms with Gasteiger partial charge in [0.2, 0.25) is 0 Å². The number of halogens is 1. The number of sulfone groups is 1. The van der Waals surface area contributed by atoms with Crippen molar-refractivity contribution in [1.82, 2.24) is 0 Å². The highest BCUT2D eigenvalue weighted by molar-refractivity contribution is 8.16. The molecule has 2 atom stereocenters. The van der Waals surface area contributed by atoms with Crippen LogP contribution in [-0.2, 0) is 14.6 Å². The number of hydrogen-bond acceptors (Lipinski definition) is 5. The summed E-state index contributed by atoms with van der Waals surface area (Å²) in [5.74, 6) is 0.0667. The number of benzene rings is 1. The van der Waals surface area contributed by atoms with Gasteiger partial charge in [-0.05, 0) is 12.1 Å². The van der Waals surface area contributed by atoms with Crippen LogP contribution < -0.4 is 9.64 Å². The van der Waals surface area contributed by atoms with E-state index in [2.05, 4.69) is 4.99 Å². The van der Waals surface area contributed by atoms with Gasteiger partial charge in [0.1, 0.15) is 11.6 Å². The standard InChI is InChI=1S/C14H15ClN2O4S2/c1-21-11-5-3-2-4-9(11)17-10-7-23(19,20)8-12(10)22-14(17)16-13(18)6-15/h2-5,10,12H,6-8H2,1H3/t10-,12+/m0/s1. The van der Waals surface area contributed by atoms with Crippen LogP contribution in [0, 0.1) is 0 Å². The summed E-state index contributed by atoms with van der Waals surface area (Å²) in [5, 5.41) is 0.330. The molecule has 0 aromatic heterocycles. The van der Waals surface area contributed by atoms with Crippen molar-refractivity contribution in [3.05, 3.63) is 24.3 Å². The van der Waals surface area contributed by atoms with Crippen LogP contribution in [0.25, 0.3) is 0 Å². The number of amides is 1. The number of carbonyl (C=O) groups excluding carboxylic acids is 1. The van der Waals surface area contributed by atoms with E-state index in [9.17, 15) is 13.2 Å². The van der Waals surface area contributed by atoms with Crippen molar-refractivity contribution < 1.29 is 17.9 Å². The summed E-state index contributed by atoms with van der Waals surface area (Å²) in [5.41, 5.74) is 0.702. The number of methoxy groups -OCH3 is 1. The van der Waals surface area contributed by atoms with Gasteiger partial charge in [-0.2, -0.15) is 4.99 Å². The average Bonchev–Trinajstić information content (AvgIpc) is 2.98. The number of ether oxygens (including phenoxy) is 1. The quantitative estimate of drug-likeness (QED) is 0.747. The Hall–Kier alpha value is -1.25. The van der Waals surface area contributed by atoms with Crippen molar-refractivity contribution in [2.75, 3.05) is 29.4 Å². The lowest BCUT2D eigenvalue weighted by Gasteiger charge is -2.26. The molecule has 0 unspecified atom stereocenters. The molecule has 124 valence electrons.